The van der Waals surface area contributed by atoms with E-state index in [1.165, 1.54) is 31.5 Å². The molecule has 11 nitrogen and oxygen atoms in total. The molecule has 0 radical (unpaired) electrons. The van der Waals surface area contributed by atoms with Crippen molar-refractivity contribution in [1.82, 2.24) is 5.43 Å². The van der Waals surface area contributed by atoms with E-state index < -0.39 is 27.1 Å². The second-order valence-corrected chi connectivity index (χ2v) is 6.27. The number of nitrogens with zero attached hydrogens (tertiary/aromatic N) is 3. The van der Waals surface area contributed by atoms with Gasteiger partial charge >= 0.3 is 5.69 Å². The van der Waals surface area contributed by atoms with Crippen molar-refractivity contribution in [3.63, 3.8) is 0 Å². The van der Waals surface area contributed by atoms with Crippen molar-refractivity contribution >= 4 is 23.5 Å². The number of non-ortho nitro benzene ring substituents is 1. The number of nitrogens with one attached hydrogen (secondary N) is 1. The fourth-order valence-corrected chi connectivity index (χ4v) is 2.59. The molecule has 32 heavy (non-hydrogen) atoms. The Morgan fingerprint density at radius 2 is 1.72 bits per heavy atom. The van der Waals surface area contributed by atoms with E-state index in [-0.39, 0.29) is 11.5 Å². The zero-order chi connectivity index (χ0) is 23.1. The third kappa shape index (κ3) is 5.42. The van der Waals surface area contributed by atoms with Gasteiger partial charge in [-0.1, -0.05) is 6.07 Å². The summed E-state index contributed by atoms with van der Waals surface area (Å²) in [5.74, 6) is 0.281. The monoisotopic (exact) mass is 436 g/mol. The average Bonchev–Trinajstić information content (AvgIpc) is 2.80. The minimum atomic E-state index is -0.756. The van der Waals surface area contributed by atoms with Gasteiger partial charge in [0.1, 0.15) is 11.5 Å². The number of methoxy groups -OCH3 is 1. The van der Waals surface area contributed by atoms with Gasteiger partial charge in [0.05, 0.1) is 29.2 Å². The molecule has 0 atom stereocenters. The van der Waals surface area contributed by atoms with Crippen LogP contribution in [0.4, 0.5) is 11.4 Å². The first-order chi connectivity index (χ1) is 15.4. The van der Waals surface area contributed by atoms with Crippen molar-refractivity contribution in [2.75, 3.05) is 7.11 Å². The van der Waals surface area contributed by atoms with Gasteiger partial charge in [-0.25, -0.2) is 5.43 Å². The van der Waals surface area contributed by atoms with E-state index in [0.29, 0.717) is 16.9 Å². The predicted molar refractivity (Wildman–Crippen MR) is 114 cm³/mol. The summed E-state index contributed by atoms with van der Waals surface area (Å²) in [6.45, 7) is 0. The van der Waals surface area contributed by atoms with Gasteiger partial charge in [0.2, 0.25) is 5.75 Å². The van der Waals surface area contributed by atoms with Gasteiger partial charge in [0.15, 0.2) is 0 Å². The van der Waals surface area contributed by atoms with E-state index in [2.05, 4.69) is 10.5 Å². The Labute approximate surface area is 181 Å². The Bertz CT molecular complexity index is 1190. The van der Waals surface area contributed by atoms with Crippen LogP contribution >= 0.6 is 0 Å². The van der Waals surface area contributed by atoms with E-state index in [1.807, 2.05) is 0 Å². The Kier molecular flexibility index (Phi) is 6.71. The zero-order valence-corrected chi connectivity index (χ0v) is 16.6. The van der Waals surface area contributed by atoms with E-state index >= 15 is 0 Å². The van der Waals surface area contributed by atoms with Crippen LogP contribution in [-0.4, -0.2) is 29.1 Å². The van der Waals surface area contributed by atoms with Crippen molar-refractivity contribution in [3.05, 3.63) is 98.1 Å². The van der Waals surface area contributed by atoms with Crippen molar-refractivity contribution in [3.8, 4) is 17.2 Å². The lowest BCUT2D eigenvalue weighted by Gasteiger charge is -2.06. The standard InChI is InChI=1S/C21H16N4O7/c1-31-18-4-2-3-15(11-18)21(26)23-22-13-14-5-8-17(9-6-14)32-20-10-7-16(24(27)28)12-19(20)25(29)30/h2-13H,1H3,(H,23,26)/b22-13-. The summed E-state index contributed by atoms with van der Waals surface area (Å²) < 4.78 is 10.6. The quantitative estimate of drug-likeness (QED) is 0.318. The third-order valence-electron chi connectivity index (χ3n) is 4.17. The molecule has 3 aromatic rings. The molecule has 0 spiro atoms. The lowest BCUT2D eigenvalue weighted by molar-refractivity contribution is -0.394. The molecule has 0 aliphatic carbocycles. The average molecular weight is 436 g/mol. The van der Waals surface area contributed by atoms with Crippen LogP contribution in [0.1, 0.15) is 15.9 Å². The summed E-state index contributed by atoms with van der Waals surface area (Å²) >= 11 is 0. The molecule has 0 heterocycles. The van der Waals surface area contributed by atoms with Crippen LogP contribution in [-0.2, 0) is 0 Å². The maximum atomic E-state index is 12.1. The molecule has 0 bridgehead atoms. The van der Waals surface area contributed by atoms with Gasteiger partial charge in [-0.3, -0.25) is 25.0 Å². The number of carbonyl (C=O) groups excluding carboxylic acids is 1. The van der Waals surface area contributed by atoms with Crippen molar-refractivity contribution in [2.45, 2.75) is 0 Å². The minimum absolute atomic E-state index is 0.132. The fourth-order valence-electron chi connectivity index (χ4n) is 2.59. The van der Waals surface area contributed by atoms with Crippen LogP contribution in [0.5, 0.6) is 17.2 Å². The molecule has 0 aromatic heterocycles. The highest BCUT2D eigenvalue weighted by molar-refractivity contribution is 5.95. The summed E-state index contributed by atoms with van der Waals surface area (Å²) in [5, 5.41) is 25.9. The van der Waals surface area contributed by atoms with E-state index in [0.717, 1.165) is 12.1 Å². The number of nitro groups is 2. The first-order valence-corrected chi connectivity index (χ1v) is 9.05. The number of carbonyl (C=O) groups is 1. The molecule has 0 saturated heterocycles. The lowest BCUT2D eigenvalue weighted by atomic mass is 10.2. The van der Waals surface area contributed by atoms with E-state index in [9.17, 15) is 25.0 Å². The Balaban J connectivity index is 1.66. The van der Waals surface area contributed by atoms with Crippen LogP contribution < -0.4 is 14.9 Å². The largest absolute Gasteiger partial charge is 0.497 e. The first kappa shape index (κ1) is 21.9. The van der Waals surface area contributed by atoms with E-state index in [1.54, 1.807) is 36.4 Å². The van der Waals surface area contributed by atoms with Gasteiger partial charge in [-0.15, -0.1) is 0 Å². The maximum Gasteiger partial charge on any atom is 0.318 e. The first-order valence-electron chi connectivity index (χ1n) is 9.05. The van der Waals surface area contributed by atoms with Gasteiger partial charge in [0, 0.05) is 11.6 Å². The number of hydrazone groups is 1. The summed E-state index contributed by atoms with van der Waals surface area (Å²) in [4.78, 5) is 32.7. The molecule has 11 heteroatoms. The molecule has 3 rings (SSSR count). The van der Waals surface area contributed by atoms with Crippen molar-refractivity contribution in [2.24, 2.45) is 5.10 Å². The number of nitro benzene ring substituents is 2. The van der Waals surface area contributed by atoms with Crippen molar-refractivity contribution < 1.29 is 24.1 Å². The topological polar surface area (TPSA) is 146 Å². The van der Waals surface area contributed by atoms with E-state index in [4.69, 9.17) is 9.47 Å². The second kappa shape index (κ2) is 9.80. The smallest absolute Gasteiger partial charge is 0.318 e. The normalized spacial score (nSPS) is 10.5. The Hall–Kier alpha value is -4.80. The highest BCUT2D eigenvalue weighted by Crippen LogP contribution is 2.34. The minimum Gasteiger partial charge on any atom is -0.497 e. The predicted octanol–water partition coefficient (Wildman–Crippen LogP) is 4.07. The number of hydrogen-bond donors (Lipinski definition) is 1. The second-order valence-electron chi connectivity index (χ2n) is 6.27. The molecule has 0 unspecified atom stereocenters. The highest BCUT2D eigenvalue weighted by Gasteiger charge is 2.21. The van der Waals surface area contributed by atoms with Crippen LogP contribution in [0.3, 0.4) is 0 Å². The number of hydrogen-bond acceptors (Lipinski definition) is 8. The molecule has 3 aromatic carbocycles. The SMILES string of the molecule is COc1cccc(C(=O)N/N=C\c2ccc(Oc3ccc([N+](=O)[O-])cc3[N+](=O)[O-])cc2)c1. The molecular formula is C21H16N4O7. The summed E-state index contributed by atoms with van der Waals surface area (Å²) in [5.41, 5.74) is 2.48. The zero-order valence-electron chi connectivity index (χ0n) is 16.6. The molecule has 0 aliphatic heterocycles. The van der Waals surface area contributed by atoms with Gasteiger partial charge in [0.25, 0.3) is 11.6 Å². The Morgan fingerprint density at radius 3 is 2.38 bits per heavy atom. The van der Waals surface area contributed by atoms with Crippen molar-refractivity contribution in [1.29, 1.82) is 0 Å². The number of rotatable bonds is 8. The van der Waals surface area contributed by atoms with Crippen LogP contribution in [0.15, 0.2) is 71.8 Å². The summed E-state index contributed by atoms with van der Waals surface area (Å²) in [6, 6.07) is 16.0. The molecule has 0 fully saturated rings. The van der Waals surface area contributed by atoms with Gasteiger partial charge in [-0.05, 0) is 54.1 Å². The third-order valence-corrected chi connectivity index (χ3v) is 4.17. The Morgan fingerprint density at radius 1 is 0.969 bits per heavy atom. The number of benzene rings is 3. The fraction of sp³-hybridized carbons (Fsp3) is 0.0476. The molecule has 1 N–H and O–H groups in total. The van der Waals surface area contributed by atoms with Gasteiger partial charge < -0.3 is 9.47 Å². The molecule has 1 amide bonds. The highest BCUT2D eigenvalue weighted by atomic mass is 16.6. The number of amides is 1. The molecule has 162 valence electrons. The van der Waals surface area contributed by atoms with Crippen LogP contribution in [0.25, 0.3) is 0 Å². The molecule has 0 saturated carbocycles. The number of ether oxygens (including phenoxy) is 2. The lowest BCUT2D eigenvalue weighted by Crippen LogP contribution is -2.17. The maximum absolute atomic E-state index is 12.1. The van der Waals surface area contributed by atoms with Crippen LogP contribution in [0, 0.1) is 20.2 Å². The summed E-state index contributed by atoms with van der Waals surface area (Å²) in [7, 11) is 1.50. The van der Waals surface area contributed by atoms with Gasteiger partial charge in [-0.2, -0.15) is 5.10 Å². The molecule has 0 aliphatic rings. The van der Waals surface area contributed by atoms with Crippen LogP contribution in [0.2, 0.25) is 0 Å². The molecular weight excluding hydrogens is 420 g/mol. The summed E-state index contributed by atoms with van der Waals surface area (Å²) in [6.07, 6.45) is 1.41.